The molecular formula is C18H23N3O2S2. The van der Waals surface area contributed by atoms with E-state index in [0.29, 0.717) is 25.3 Å². The molecule has 0 aliphatic carbocycles. The number of aromatic nitrogens is 1. The Morgan fingerprint density at radius 1 is 1.40 bits per heavy atom. The third kappa shape index (κ3) is 4.89. The number of thiophene rings is 1. The lowest BCUT2D eigenvalue weighted by molar-refractivity contribution is -0.131. The Morgan fingerprint density at radius 3 is 3.04 bits per heavy atom. The Balaban J connectivity index is 1.56. The molecule has 0 spiro atoms. The van der Waals surface area contributed by atoms with Gasteiger partial charge in [0.1, 0.15) is 0 Å². The predicted molar refractivity (Wildman–Crippen MR) is 101 cm³/mol. The second kappa shape index (κ2) is 8.58. The minimum absolute atomic E-state index is 0.0394. The van der Waals surface area contributed by atoms with Crippen LogP contribution in [0.3, 0.4) is 0 Å². The van der Waals surface area contributed by atoms with Crippen molar-refractivity contribution in [1.82, 2.24) is 15.2 Å². The van der Waals surface area contributed by atoms with E-state index in [-0.39, 0.29) is 11.8 Å². The highest BCUT2D eigenvalue weighted by atomic mass is 32.1. The van der Waals surface area contributed by atoms with Crippen molar-refractivity contribution < 1.29 is 9.59 Å². The van der Waals surface area contributed by atoms with Crippen LogP contribution < -0.4 is 5.32 Å². The van der Waals surface area contributed by atoms with Crippen LogP contribution in [0, 0.1) is 0 Å². The fourth-order valence-electron chi connectivity index (χ4n) is 2.98. The van der Waals surface area contributed by atoms with E-state index >= 15 is 0 Å². The van der Waals surface area contributed by atoms with E-state index in [4.69, 9.17) is 0 Å². The number of thiazole rings is 1. The summed E-state index contributed by atoms with van der Waals surface area (Å²) in [5.74, 6) is 0.554. The van der Waals surface area contributed by atoms with Gasteiger partial charge in [-0.15, -0.1) is 22.7 Å². The van der Waals surface area contributed by atoms with Crippen LogP contribution in [0.5, 0.6) is 0 Å². The van der Waals surface area contributed by atoms with Crippen molar-refractivity contribution >= 4 is 34.5 Å². The molecule has 0 radical (unpaired) electrons. The van der Waals surface area contributed by atoms with Crippen LogP contribution in [-0.2, 0) is 22.6 Å². The van der Waals surface area contributed by atoms with Crippen molar-refractivity contribution in [3.63, 3.8) is 0 Å². The van der Waals surface area contributed by atoms with Crippen LogP contribution >= 0.6 is 22.7 Å². The molecule has 0 saturated carbocycles. The lowest BCUT2D eigenvalue weighted by atomic mass is 9.98. The molecule has 1 fully saturated rings. The summed E-state index contributed by atoms with van der Waals surface area (Å²) >= 11 is 3.27. The van der Waals surface area contributed by atoms with Crippen molar-refractivity contribution in [2.45, 2.75) is 45.1 Å². The van der Waals surface area contributed by atoms with E-state index in [2.05, 4.69) is 10.3 Å². The number of piperidine rings is 1. The SMILES string of the molecule is CCC(=O)NCc1csc(C2CCCN(C(=O)Cc3cccs3)C2)n1. The number of nitrogens with zero attached hydrogens (tertiary/aromatic N) is 2. The molecule has 5 nitrogen and oxygen atoms in total. The molecular weight excluding hydrogens is 354 g/mol. The summed E-state index contributed by atoms with van der Waals surface area (Å²) in [6.45, 7) is 3.91. The Kier molecular flexibility index (Phi) is 6.20. The number of nitrogens with one attached hydrogen (secondary N) is 1. The van der Waals surface area contributed by atoms with Gasteiger partial charge >= 0.3 is 0 Å². The van der Waals surface area contributed by atoms with Crippen LogP contribution in [0.25, 0.3) is 0 Å². The number of rotatable bonds is 6. The maximum Gasteiger partial charge on any atom is 0.227 e. The average molecular weight is 378 g/mol. The molecule has 1 unspecified atom stereocenters. The van der Waals surface area contributed by atoms with Gasteiger partial charge in [0.15, 0.2) is 0 Å². The normalized spacial score (nSPS) is 17.5. The predicted octanol–water partition coefficient (Wildman–Crippen LogP) is 3.18. The highest BCUT2D eigenvalue weighted by Crippen LogP contribution is 2.29. The first kappa shape index (κ1) is 18.1. The molecule has 0 bridgehead atoms. The van der Waals surface area contributed by atoms with Gasteiger partial charge in [-0.25, -0.2) is 4.98 Å². The van der Waals surface area contributed by atoms with Gasteiger partial charge in [-0.2, -0.15) is 0 Å². The molecule has 2 amide bonds. The zero-order valence-electron chi connectivity index (χ0n) is 14.4. The Bertz CT molecular complexity index is 712. The molecule has 2 aromatic heterocycles. The third-order valence-electron chi connectivity index (χ3n) is 4.39. The van der Waals surface area contributed by atoms with Crippen LogP contribution in [0.1, 0.15) is 47.7 Å². The molecule has 134 valence electrons. The Hall–Kier alpha value is -1.73. The average Bonchev–Trinajstić information content (AvgIpc) is 3.31. The molecule has 2 aromatic rings. The maximum atomic E-state index is 12.5. The molecule has 1 atom stereocenters. The fraction of sp³-hybridized carbons (Fsp3) is 0.500. The number of carbonyl (C=O) groups excluding carboxylic acids is 2. The fourth-order valence-corrected chi connectivity index (χ4v) is 4.63. The lowest BCUT2D eigenvalue weighted by Gasteiger charge is -2.31. The zero-order valence-corrected chi connectivity index (χ0v) is 16.0. The van der Waals surface area contributed by atoms with Gasteiger partial charge in [0, 0.05) is 35.7 Å². The highest BCUT2D eigenvalue weighted by Gasteiger charge is 2.26. The summed E-state index contributed by atoms with van der Waals surface area (Å²) in [4.78, 5) is 31.7. The molecule has 25 heavy (non-hydrogen) atoms. The first-order valence-electron chi connectivity index (χ1n) is 8.67. The van der Waals surface area contributed by atoms with Gasteiger partial charge in [-0.05, 0) is 24.3 Å². The molecule has 1 aliphatic rings. The second-order valence-electron chi connectivity index (χ2n) is 6.24. The first-order valence-corrected chi connectivity index (χ1v) is 10.4. The Labute approximate surface area is 156 Å². The van der Waals surface area contributed by atoms with E-state index < -0.39 is 0 Å². The molecule has 1 N–H and O–H groups in total. The van der Waals surface area contributed by atoms with Gasteiger partial charge < -0.3 is 10.2 Å². The lowest BCUT2D eigenvalue weighted by Crippen LogP contribution is -2.39. The zero-order chi connectivity index (χ0) is 17.6. The largest absolute Gasteiger partial charge is 0.350 e. The third-order valence-corrected chi connectivity index (χ3v) is 6.32. The first-order chi connectivity index (χ1) is 12.2. The quantitative estimate of drug-likeness (QED) is 0.841. The van der Waals surface area contributed by atoms with E-state index in [1.54, 1.807) is 22.7 Å². The summed E-state index contributed by atoms with van der Waals surface area (Å²) in [7, 11) is 0. The minimum atomic E-state index is 0.0394. The Morgan fingerprint density at radius 2 is 2.28 bits per heavy atom. The summed E-state index contributed by atoms with van der Waals surface area (Å²) in [5.41, 5.74) is 0.906. The van der Waals surface area contributed by atoms with Crippen molar-refractivity contribution in [1.29, 1.82) is 0 Å². The van der Waals surface area contributed by atoms with Gasteiger partial charge in [0.2, 0.25) is 11.8 Å². The molecule has 7 heteroatoms. The standard InChI is InChI=1S/C18H23N3O2S2/c1-2-16(22)19-10-14-12-25-18(20-14)13-5-3-7-21(11-13)17(23)9-15-6-4-8-24-15/h4,6,8,12-13H,2-3,5,7,9-11H2,1H3,(H,19,22). The number of amides is 2. The van der Waals surface area contributed by atoms with Crippen LogP contribution in [0.15, 0.2) is 22.9 Å². The van der Waals surface area contributed by atoms with Gasteiger partial charge in [0.05, 0.1) is 23.7 Å². The summed E-state index contributed by atoms with van der Waals surface area (Å²) < 4.78 is 0. The molecule has 3 rings (SSSR count). The van der Waals surface area contributed by atoms with E-state index in [9.17, 15) is 9.59 Å². The van der Waals surface area contributed by atoms with E-state index in [1.807, 2.05) is 34.7 Å². The molecule has 1 saturated heterocycles. The summed E-state index contributed by atoms with van der Waals surface area (Å²) in [6, 6.07) is 4.00. The van der Waals surface area contributed by atoms with Crippen molar-refractivity contribution in [3.8, 4) is 0 Å². The minimum Gasteiger partial charge on any atom is -0.350 e. The number of carbonyl (C=O) groups is 2. The number of hydrogen-bond acceptors (Lipinski definition) is 5. The summed E-state index contributed by atoms with van der Waals surface area (Å²) in [5, 5.41) is 7.96. The van der Waals surface area contributed by atoms with Crippen molar-refractivity contribution in [2.24, 2.45) is 0 Å². The molecule has 0 aromatic carbocycles. The molecule has 3 heterocycles. The van der Waals surface area contributed by atoms with Crippen LogP contribution in [0.4, 0.5) is 0 Å². The van der Waals surface area contributed by atoms with Crippen LogP contribution in [0.2, 0.25) is 0 Å². The smallest absolute Gasteiger partial charge is 0.227 e. The number of hydrogen-bond donors (Lipinski definition) is 1. The molecule has 1 aliphatic heterocycles. The second-order valence-corrected chi connectivity index (χ2v) is 8.16. The topological polar surface area (TPSA) is 62.3 Å². The van der Waals surface area contributed by atoms with Crippen LogP contribution in [-0.4, -0.2) is 34.8 Å². The monoisotopic (exact) mass is 377 g/mol. The maximum absolute atomic E-state index is 12.5. The highest BCUT2D eigenvalue weighted by molar-refractivity contribution is 7.10. The van der Waals surface area contributed by atoms with Gasteiger partial charge in [-0.1, -0.05) is 13.0 Å². The van der Waals surface area contributed by atoms with Crippen molar-refractivity contribution in [2.75, 3.05) is 13.1 Å². The van der Waals surface area contributed by atoms with E-state index in [0.717, 1.165) is 41.5 Å². The van der Waals surface area contributed by atoms with E-state index in [1.165, 1.54) is 0 Å². The summed E-state index contributed by atoms with van der Waals surface area (Å²) in [6.07, 6.45) is 3.07. The van der Waals surface area contributed by atoms with Gasteiger partial charge in [0.25, 0.3) is 0 Å². The van der Waals surface area contributed by atoms with Crippen molar-refractivity contribution in [3.05, 3.63) is 38.5 Å². The number of likely N-dealkylation sites (tertiary alicyclic amines) is 1. The van der Waals surface area contributed by atoms with Gasteiger partial charge in [-0.3, -0.25) is 9.59 Å².